The zero-order valence-electron chi connectivity index (χ0n) is 32.0. The van der Waals surface area contributed by atoms with Crippen LogP contribution in [0.5, 0.6) is 0 Å². The molecule has 6 aromatic carbocycles. The van der Waals surface area contributed by atoms with Gasteiger partial charge in [0.15, 0.2) is 0 Å². The molecule has 9 rings (SSSR count). The van der Waals surface area contributed by atoms with Crippen LogP contribution >= 0.6 is 0 Å². The van der Waals surface area contributed by atoms with Gasteiger partial charge in [0.25, 0.3) is 0 Å². The Bertz CT molecular complexity index is 2600. The van der Waals surface area contributed by atoms with E-state index in [9.17, 15) is 0 Å². The van der Waals surface area contributed by atoms with Crippen LogP contribution in [0.3, 0.4) is 0 Å². The molecule has 4 nitrogen and oxygen atoms in total. The lowest BCUT2D eigenvalue weighted by Crippen LogP contribution is -2.26. The molecule has 0 spiro atoms. The summed E-state index contributed by atoms with van der Waals surface area (Å²) in [5, 5.41) is 8.40. The first-order valence-electron chi connectivity index (χ1n) is 18.8. The summed E-state index contributed by atoms with van der Waals surface area (Å²) >= 11 is 0. The molecule has 8 aromatic rings. The van der Waals surface area contributed by atoms with Crippen LogP contribution in [0.1, 0.15) is 26.3 Å². The average Bonchev–Trinajstić information content (AvgIpc) is 3.73. The summed E-state index contributed by atoms with van der Waals surface area (Å²) in [5.41, 5.74) is 17.2. The van der Waals surface area contributed by atoms with Crippen LogP contribution in [0.2, 0.25) is 0 Å². The van der Waals surface area contributed by atoms with E-state index < -0.39 is 0 Å². The minimum Gasteiger partial charge on any atom is -0.374 e. The highest BCUT2D eigenvalue weighted by Gasteiger charge is 2.19. The fourth-order valence-corrected chi connectivity index (χ4v) is 7.12. The first-order chi connectivity index (χ1) is 26.5. The average molecular weight is 707 g/mol. The topological polar surface area (TPSA) is 47.9 Å². The number of allylic oxidation sites excluding steroid dienone is 3. The molecule has 0 saturated carbocycles. The van der Waals surface area contributed by atoms with Crippen LogP contribution in [-0.4, -0.2) is 22.2 Å². The van der Waals surface area contributed by atoms with E-state index in [1.807, 2.05) is 64.2 Å². The van der Waals surface area contributed by atoms with Crippen molar-refractivity contribution in [2.45, 2.75) is 33.7 Å². The van der Waals surface area contributed by atoms with Crippen LogP contribution in [0.25, 0.3) is 66.2 Å². The van der Waals surface area contributed by atoms with Crippen molar-refractivity contribution in [3.05, 3.63) is 194 Å². The van der Waals surface area contributed by atoms with Crippen molar-refractivity contribution in [3.63, 3.8) is 0 Å². The van der Waals surface area contributed by atoms with Gasteiger partial charge in [-0.25, -0.2) is 0 Å². The zero-order valence-corrected chi connectivity index (χ0v) is 32.0. The summed E-state index contributed by atoms with van der Waals surface area (Å²) < 4.78 is 4.67. The van der Waals surface area contributed by atoms with Crippen molar-refractivity contribution < 1.29 is 0 Å². The Kier molecular flexibility index (Phi) is 12.1. The molecule has 0 aliphatic heterocycles. The molecule has 0 saturated heterocycles. The molecule has 2 heterocycles. The lowest BCUT2D eigenvalue weighted by Gasteiger charge is -2.20. The Labute approximate surface area is 319 Å². The van der Waals surface area contributed by atoms with Crippen molar-refractivity contribution >= 4 is 49.4 Å². The number of hydrogen-bond acceptors (Lipinski definition) is 2. The molecule has 0 fully saturated rings. The molecule has 0 bridgehead atoms. The zero-order chi connectivity index (χ0) is 38.0. The van der Waals surface area contributed by atoms with Gasteiger partial charge < -0.3 is 15.6 Å². The predicted molar refractivity (Wildman–Crippen MR) is 236 cm³/mol. The number of rotatable bonds is 4. The van der Waals surface area contributed by atoms with Crippen LogP contribution in [-0.2, 0) is 0 Å². The Morgan fingerprint density at radius 3 is 1.69 bits per heavy atom. The summed E-state index contributed by atoms with van der Waals surface area (Å²) in [5.74, 6) is 0.997. The van der Waals surface area contributed by atoms with Crippen LogP contribution in [0.4, 0.5) is 0 Å². The second kappa shape index (κ2) is 17.4. The predicted octanol–water partition coefficient (Wildman–Crippen LogP) is 12.6. The Hall–Kier alpha value is -6.36. The molecular weight excluding hydrogens is 657 g/mol. The molecule has 3 N–H and O–H groups in total. The molecular formula is C50H50N4. The summed E-state index contributed by atoms with van der Waals surface area (Å²) in [6.45, 7) is 11.3. The van der Waals surface area contributed by atoms with E-state index in [4.69, 9.17) is 5.73 Å². The maximum atomic E-state index is 6.52. The number of aryl methyl sites for hydroxylation is 1. The SMILES string of the molecule is C=CC.CC.CN/C(=C1/C=CC=CC1N)n1c2ccccc2c2cc(-c3ccc4c(c3)c3ccccc3n4-c3ccccc3)ccc21.Cc1ccccc1. The van der Waals surface area contributed by atoms with Crippen molar-refractivity contribution in [1.82, 2.24) is 14.5 Å². The first kappa shape index (κ1) is 37.4. The smallest absolute Gasteiger partial charge is 0.115 e. The molecule has 54 heavy (non-hydrogen) atoms. The normalized spacial score (nSPS) is 14.1. The van der Waals surface area contributed by atoms with E-state index in [1.165, 1.54) is 55.0 Å². The number of nitrogens with zero attached hydrogens (tertiary/aromatic N) is 2. The number of fused-ring (bicyclic) bond motifs is 6. The van der Waals surface area contributed by atoms with E-state index in [1.54, 1.807) is 6.08 Å². The number of benzene rings is 6. The van der Waals surface area contributed by atoms with Crippen molar-refractivity contribution in [3.8, 4) is 16.8 Å². The molecule has 270 valence electrons. The minimum atomic E-state index is -0.169. The number of para-hydroxylation sites is 3. The Morgan fingerprint density at radius 1 is 0.630 bits per heavy atom. The highest BCUT2D eigenvalue weighted by molar-refractivity contribution is 6.13. The molecule has 0 radical (unpaired) electrons. The minimum absolute atomic E-state index is 0.169. The molecule has 1 atom stereocenters. The molecule has 1 aliphatic rings. The summed E-state index contributed by atoms with van der Waals surface area (Å²) in [7, 11) is 1.97. The second-order valence-electron chi connectivity index (χ2n) is 12.9. The van der Waals surface area contributed by atoms with Crippen LogP contribution in [0.15, 0.2) is 188 Å². The van der Waals surface area contributed by atoms with Gasteiger partial charge in [0.1, 0.15) is 5.82 Å². The van der Waals surface area contributed by atoms with Gasteiger partial charge in [0.2, 0.25) is 0 Å². The molecule has 0 amide bonds. The highest BCUT2D eigenvalue weighted by Crippen LogP contribution is 2.38. The largest absolute Gasteiger partial charge is 0.374 e. The van der Waals surface area contributed by atoms with E-state index in [0.717, 1.165) is 22.4 Å². The van der Waals surface area contributed by atoms with Crippen molar-refractivity contribution in [2.75, 3.05) is 7.05 Å². The summed E-state index contributed by atoms with van der Waals surface area (Å²) in [4.78, 5) is 0. The van der Waals surface area contributed by atoms with Crippen LogP contribution < -0.4 is 11.1 Å². The maximum Gasteiger partial charge on any atom is 0.115 e. The number of nitrogens with one attached hydrogen (secondary N) is 1. The number of hydrogen-bond donors (Lipinski definition) is 2. The molecule has 2 aromatic heterocycles. The Morgan fingerprint density at radius 2 is 1.11 bits per heavy atom. The fraction of sp³-hybridized carbons (Fsp3) is 0.120. The third-order valence-electron chi connectivity index (χ3n) is 9.43. The van der Waals surface area contributed by atoms with Gasteiger partial charge in [-0.1, -0.05) is 147 Å². The summed E-state index contributed by atoms with van der Waals surface area (Å²) in [6, 6.07) is 51.7. The van der Waals surface area contributed by atoms with Crippen LogP contribution in [0, 0.1) is 6.92 Å². The third-order valence-corrected chi connectivity index (χ3v) is 9.43. The molecule has 4 heteroatoms. The molecule has 1 unspecified atom stereocenters. The van der Waals surface area contributed by atoms with E-state index in [2.05, 4.69) is 161 Å². The van der Waals surface area contributed by atoms with Gasteiger partial charge in [0.05, 0.1) is 28.1 Å². The molecule has 1 aliphatic carbocycles. The van der Waals surface area contributed by atoms with E-state index >= 15 is 0 Å². The lowest BCUT2D eigenvalue weighted by atomic mass is 10.0. The number of nitrogens with two attached hydrogens (primary N) is 1. The van der Waals surface area contributed by atoms with E-state index in [-0.39, 0.29) is 6.04 Å². The standard InChI is InChI=1S/C38H30N4.C7H8.C3H6.C2H6/c1-40-38(30-15-5-8-16-33(30)39)42-35-18-10-7-14-29(35)32-24-26(20-22-37(32)42)25-19-21-36-31(23-25)28-13-6-9-17-34(28)41(36)27-11-3-2-4-12-27;1-7-5-3-2-4-6-7;1-3-2;1-2/h2-24,33,40H,39H2,1H3;2-6H,1H3;3H,1H2,2H3;1-2H3/b38-30+;;;. The summed E-state index contributed by atoms with van der Waals surface area (Å²) in [6.07, 6.45) is 9.94. The van der Waals surface area contributed by atoms with Gasteiger partial charge >= 0.3 is 0 Å². The fourth-order valence-electron chi connectivity index (χ4n) is 7.12. The lowest BCUT2D eigenvalue weighted by molar-refractivity contribution is 0.912. The second-order valence-corrected chi connectivity index (χ2v) is 12.9. The third kappa shape index (κ3) is 7.43. The Balaban J connectivity index is 0.000000362. The van der Waals surface area contributed by atoms with Gasteiger partial charge in [0, 0.05) is 39.9 Å². The van der Waals surface area contributed by atoms with Crippen molar-refractivity contribution in [1.29, 1.82) is 0 Å². The van der Waals surface area contributed by atoms with Gasteiger partial charge in [-0.15, -0.1) is 6.58 Å². The van der Waals surface area contributed by atoms with Gasteiger partial charge in [-0.3, -0.25) is 4.57 Å². The highest BCUT2D eigenvalue weighted by atomic mass is 15.1. The van der Waals surface area contributed by atoms with Gasteiger partial charge in [-0.2, -0.15) is 0 Å². The number of aromatic nitrogens is 2. The quantitative estimate of drug-likeness (QED) is 0.179. The monoisotopic (exact) mass is 706 g/mol. The van der Waals surface area contributed by atoms with Crippen molar-refractivity contribution in [2.24, 2.45) is 5.73 Å². The first-order valence-corrected chi connectivity index (χ1v) is 18.8. The van der Waals surface area contributed by atoms with Gasteiger partial charge in [-0.05, 0) is 73.5 Å². The van der Waals surface area contributed by atoms with E-state index in [0.29, 0.717) is 0 Å². The maximum absolute atomic E-state index is 6.52.